The summed E-state index contributed by atoms with van der Waals surface area (Å²) < 4.78 is 13.2. The molecule has 0 saturated heterocycles. The Labute approximate surface area is 83.0 Å². The Morgan fingerprint density at radius 1 is 1.46 bits per heavy atom. The number of benzene rings is 1. The third-order valence-corrected chi connectivity index (χ3v) is 2.05. The summed E-state index contributed by atoms with van der Waals surface area (Å²) in [6.45, 7) is 1.89. The Morgan fingerprint density at radius 3 is 2.85 bits per heavy atom. The van der Waals surface area contributed by atoms with Crippen LogP contribution in [-0.2, 0) is 0 Å². The molecule has 0 bridgehead atoms. The molecule has 0 unspecified atom stereocenters. The lowest BCUT2D eigenvalue weighted by atomic mass is 10.1. The molecule has 0 aliphatic rings. The first kappa shape index (κ1) is 10.3. The van der Waals surface area contributed by atoms with Crippen molar-refractivity contribution in [1.82, 2.24) is 0 Å². The van der Waals surface area contributed by atoms with Gasteiger partial charge in [0.2, 0.25) is 0 Å². The lowest BCUT2D eigenvalue weighted by Crippen LogP contribution is -1.85. The van der Waals surface area contributed by atoms with Crippen molar-refractivity contribution < 1.29 is 4.39 Å². The van der Waals surface area contributed by atoms with E-state index in [1.165, 1.54) is 6.07 Å². The van der Waals surface area contributed by atoms with Gasteiger partial charge in [0.15, 0.2) is 0 Å². The van der Waals surface area contributed by atoms with Crippen molar-refractivity contribution in [2.45, 2.75) is 13.3 Å². The molecule has 1 aromatic carbocycles. The molecule has 0 nitrogen and oxygen atoms in total. The van der Waals surface area contributed by atoms with E-state index in [2.05, 4.69) is 0 Å². The van der Waals surface area contributed by atoms with Gasteiger partial charge in [0.25, 0.3) is 0 Å². The normalized spacial score (nSPS) is 11.0. The van der Waals surface area contributed by atoms with E-state index in [1.807, 2.05) is 19.1 Å². The van der Waals surface area contributed by atoms with E-state index in [4.69, 9.17) is 11.6 Å². The highest BCUT2D eigenvalue weighted by Gasteiger charge is 1.99. The van der Waals surface area contributed by atoms with Crippen LogP contribution in [0.2, 0.25) is 0 Å². The summed E-state index contributed by atoms with van der Waals surface area (Å²) in [6.07, 6.45) is 4.45. The van der Waals surface area contributed by atoms with Crippen molar-refractivity contribution in [1.29, 1.82) is 0 Å². The van der Waals surface area contributed by atoms with Crippen LogP contribution in [0.1, 0.15) is 17.5 Å². The number of rotatable bonds is 3. The van der Waals surface area contributed by atoms with E-state index >= 15 is 0 Å². The van der Waals surface area contributed by atoms with Gasteiger partial charge in [-0.2, -0.15) is 0 Å². The molecule has 0 fully saturated rings. The van der Waals surface area contributed by atoms with Crippen molar-refractivity contribution in [3.8, 4) is 0 Å². The Kier molecular flexibility index (Phi) is 3.97. The van der Waals surface area contributed by atoms with Gasteiger partial charge < -0.3 is 0 Å². The summed E-state index contributed by atoms with van der Waals surface area (Å²) in [5.74, 6) is 0.398. The second kappa shape index (κ2) is 5.03. The minimum Gasteiger partial charge on any atom is -0.206 e. The molecule has 0 aliphatic heterocycles. The lowest BCUT2D eigenvalue weighted by molar-refractivity contribution is 0.623. The maximum atomic E-state index is 13.2. The van der Waals surface area contributed by atoms with Crippen molar-refractivity contribution in [2.24, 2.45) is 0 Å². The van der Waals surface area contributed by atoms with Crippen LogP contribution in [0, 0.1) is 12.7 Å². The van der Waals surface area contributed by atoms with Crippen LogP contribution >= 0.6 is 11.6 Å². The van der Waals surface area contributed by atoms with Crippen LogP contribution in [0.5, 0.6) is 0 Å². The predicted molar refractivity (Wildman–Crippen MR) is 55.5 cm³/mol. The molecule has 1 rings (SSSR count). The first-order chi connectivity index (χ1) is 6.25. The average Bonchev–Trinajstić information content (AvgIpc) is 2.10. The summed E-state index contributed by atoms with van der Waals surface area (Å²) in [6, 6.07) is 5.07. The Morgan fingerprint density at radius 2 is 2.23 bits per heavy atom. The zero-order valence-corrected chi connectivity index (χ0v) is 8.31. The molecule has 0 aromatic heterocycles. The third-order valence-electron chi connectivity index (χ3n) is 1.83. The fraction of sp³-hybridized carbons (Fsp3) is 0.273. The van der Waals surface area contributed by atoms with Crippen LogP contribution in [0.25, 0.3) is 6.08 Å². The van der Waals surface area contributed by atoms with Crippen LogP contribution < -0.4 is 0 Å². The van der Waals surface area contributed by atoms with Gasteiger partial charge in [-0.3, -0.25) is 0 Å². The molecule has 13 heavy (non-hydrogen) atoms. The SMILES string of the molecule is Cc1cccc(F)c1C=CCCCl. The molecule has 1 aromatic rings. The molecular formula is C11H12ClF. The molecule has 0 heterocycles. The largest absolute Gasteiger partial charge is 0.206 e. The van der Waals surface area contributed by atoms with E-state index in [9.17, 15) is 4.39 Å². The van der Waals surface area contributed by atoms with E-state index in [0.29, 0.717) is 11.4 Å². The topological polar surface area (TPSA) is 0 Å². The smallest absolute Gasteiger partial charge is 0.130 e. The van der Waals surface area contributed by atoms with E-state index in [0.717, 1.165) is 12.0 Å². The zero-order valence-electron chi connectivity index (χ0n) is 7.56. The second-order valence-electron chi connectivity index (χ2n) is 2.85. The third kappa shape index (κ3) is 2.85. The first-order valence-electron chi connectivity index (χ1n) is 4.23. The lowest BCUT2D eigenvalue weighted by Gasteiger charge is -2.00. The molecule has 0 radical (unpaired) electrons. The standard InChI is InChI=1S/C11H12ClF/c1-9-5-4-7-11(13)10(9)6-2-3-8-12/h2,4-7H,3,8H2,1H3. The second-order valence-corrected chi connectivity index (χ2v) is 3.23. The molecule has 0 saturated carbocycles. The van der Waals surface area contributed by atoms with E-state index in [-0.39, 0.29) is 5.82 Å². The number of alkyl halides is 1. The van der Waals surface area contributed by atoms with Gasteiger partial charge in [-0.25, -0.2) is 4.39 Å². The number of aryl methyl sites for hydroxylation is 1. The number of halogens is 2. The van der Waals surface area contributed by atoms with E-state index in [1.54, 1.807) is 12.1 Å². The average molecular weight is 199 g/mol. The highest BCUT2D eigenvalue weighted by atomic mass is 35.5. The van der Waals surface area contributed by atoms with Crippen LogP contribution in [0.3, 0.4) is 0 Å². The van der Waals surface area contributed by atoms with Gasteiger partial charge in [0, 0.05) is 11.4 Å². The first-order valence-corrected chi connectivity index (χ1v) is 4.77. The van der Waals surface area contributed by atoms with Crippen molar-refractivity contribution in [3.63, 3.8) is 0 Å². The summed E-state index contributed by atoms with van der Waals surface area (Å²) in [4.78, 5) is 0. The van der Waals surface area contributed by atoms with Crippen LogP contribution in [0.15, 0.2) is 24.3 Å². The summed E-state index contributed by atoms with van der Waals surface area (Å²) >= 11 is 5.50. The van der Waals surface area contributed by atoms with Crippen molar-refractivity contribution in [3.05, 3.63) is 41.2 Å². The molecular weight excluding hydrogens is 187 g/mol. The molecule has 70 valence electrons. The summed E-state index contributed by atoms with van der Waals surface area (Å²) in [7, 11) is 0. The quantitative estimate of drug-likeness (QED) is 0.649. The van der Waals surface area contributed by atoms with Crippen LogP contribution in [-0.4, -0.2) is 5.88 Å². The zero-order chi connectivity index (χ0) is 9.68. The molecule has 0 spiro atoms. The van der Waals surface area contributed by atoms with Gasteiger partial charge in [0.05, 0.1) is 0 Å². The molecule has 0 amide bonds. The number of hydrogen-bond donors (Lipinski definition) is 0. The van der Waals surface area contributed by atoms with Gasteiger partial charge in [-0.1, -0.05) is 24.3 Å². The Bertz CT molecular complexity index is 285. The maximum absolute atomic E-state index is 13.2. The van der Waals surface area contributed by atoms with E-state index < -0.39 is 0 Å². The Balaban J connectivity index is 2.87. The summed E-state index contributed by atoms with van der Waals surface area (Å²) in [5, 5.41) is 0. The number of hydrogen-bond acceptors (Lipinski definition) is 0. The highest BCUT2D eigenvalue weighted by Crippen LogP contribution is 2.14. The molecule has 0 atom stereocenters. The van der Waals surface area contributed by atoms with Gasteiger partial charge in [-0.05, 0) is 25.0 Å². The Hall–Kier alpha value is -0.820. The van der Waals surface area contributed by atoms with Gasteiger partial charge in [0.1, 0.15) is 5.82 Å². The van der Waals surface area contributed by atoms with Crippen LogP contribution in [0.4, 0.5) is 4.39 Å². The summed E-state index contributed by atoms with van der Waals surface area (Å²) in [5.41, 5.74) is 1.61. The molecule has 0 aliphatic carbocycles. The number of allylic oxidation sites excluding steroid dienone is 1. The predicted octanol–water partition coefficient (Wildman–Crippen LogP) is 3.78. The fourth-order valence-electron chi connectivity index (χ4n) is 1.12. The molecule has 0 N–H and O–H groups in total. The monoisotopic (exact) mass is 198 g/mol. The maximum Gasteiger partial charge on any atom is 0.130 e. The molecule has 2 heteroatoms. The van der Waals surface area contributed by atoms with Gasteiger partial charge >= 0.3 is 0 Å². The van der Waals surface area contributed by atoms with Crippen molar-refractivity contribution >= 4 is 17.7 Å². The fourth-order valence-corrected chi connectivity index (χ4v) is 1.25. The van der Waals surface area contributed by atoms with Gasteiger partial charge in [-0.15, -0.1) is 11.6 Å². The van der Waals surface area contributed by atoms with Crippen molar-refractivity contribution in [2.75, 3.05) is 5.88 Å². The minimum atomic E-state index is -0.175. The minimum absolute atomic E-state index is 0.175. The highest BCUT2D eigenvalue weighted by molar-refractivity contribution is 6.17.